The molecule has 18 heavy (non-hydrogen) atoms. The number of benzene rings is 1. The number of ether oxygens (including phenoxy) is 1. The van der Waals surface area contributed by atoms with Crippen LogP contribution in [0.25, 0.3) is 0 Å². The highest BCUT2D eigenvalue weighted by atomic mass is 16.5. The summed E-state index contributed by atoms with van der Waals surface area (Å²) in [6, 6.07) is 8.93. The molecule has 0 fully saturated rings. The van der Waals surface area contributed by atoms with Crippen molar-refractivity contribution in [2.75, 3.05) is 20.3 Å². The van der Waals surface area contributed by atoms with Gasteiger partial charge in [-0.05, 0) is 5.56 Å². The van der Waals surface area contributed by atoms with Crippen molar-refractivity contribution in [3.05, 3.63) is 35.9 Å². The number of rotatable bonds is 7. The summed E-state index contributed by atoms with van der Waals surface area (Å²) in [5, 5.41) is 12.1. The molecule has 0 heterocycles. The molecule has 0 aliphatic rings. The van der Waals surface area contributed by atoms with Gasteiger partial charge in [-0.3, -0.25) is 4.79 Å². The number of carbonyl (C=O) groups is 1. The minimum Gasteiger partial charge on any atom is -0.394 e. The molecule has 1 aromatic rings. The first-order valence-corrected chi connectivity index (χ1v) is 5.89. The van der Waals surface area contributed by atoms with Gasteiger partial charge in [-0.25, -0.2) is 0 Å². The van der Waals surface area contributed by atoms with Crippen molar-refractivity contribution in [2.24, 2.45) is 5.73 Å². The molecule has 0 spiro atoms. The summed E-state index contributed by atoms with van der Waals surface area (Å²) in [7, 11) is 1.52. The quantitative estimate of drug-likeness (QED) is 0.647. The van der Waals surface area contributed by atoms with Crippen molar-refractivity contribution in [2.45, 2.75) is 18.6 Å². The zero-order chi connectivity index (χ0) is 13.4. The Hall–Kier alpha value is -1.43. The van der Waals surface area contributed by atoms with Crippen LogP contribution in [0.3, 0.4) is 0 Å². The van der Waals surface area contributed by atoms with Gasteiger partial charge in [0.1, 0.15) is 0 Å². The van der Waals surface area contributed by atoms with Crippen LogP contribution in [-0.2, 0) is 9.53 Å². The Labute approximate surface area is 107 Å². The highest BCUT2D eigenvalue weighted by Gasteiger charge is 2.16. The number of aliphatic hydroxyl groups is 1. The third kappa shape index (κ3) is 4.44. The fourth-order valence-corrected chi connectivity index (χ4v) is 1.64. The van der Waals surface area contributed by atoms with Crippen molar-refractivity contribution in [1.29, 1.82) is 0 Å². The maximum absolute atomic E-state index is 11.8. The van der Waals surface area contributed by atoms with E-state index >= 15 is 0 Å². The second kappa shape index (κ2) is 7.81. The van der Waals surface area contributed by atoms with Crippen molar-refractivity contribution in [3.8, 4) is 0 Å². The fourth-order valence-electron chi connectivity index (χ4n) is 1.64. The Bertz CT molecular complexity index is 353. The molecular weight excluding hydrogens is 232 g/mol. The molecule has 1 rings (SSSR count). The first kappa shape index (κ1) is 14.6. The third-order valence-corrected chi connectivity index (χ3v) is 2.73. The van der Waals surface area contributed by atoms with Crippen molar-refractivity contribution >= 4 is 5.91 Å². The minimum absolute atomic E-state index is 0.143. The molecule has 0 aliphatic heterocycles. The largest absolute Gasteiger partial charge is 0.394 e. The Balaban J connectivity index is 2.56. The van der Waals surface area contributed by atoms with Crippen LogP contribution >= 0.6 is 0 Å². The maximum Gasteiger partial charge on any atom is 0.223 e. The molecule has 1 unspecified atom stereocenters. The van der Waals surface area contributed by atoms with Gasteiger partial charge in [0.25, 0.3) is 0 Å². The number of hydrogen-bond acceptors (Lipinski definition) is 4. The number of amides is 1. The van der Waals surface area contributed by atoms with Crippen molar-refractivity contribution in [3.63, 3.8) is 0 Å². The van der Waals surface area contributed by atoms with Gasteiger partial charge in [0.15, 0.2) is 0 Å². The predicted octanol–water partition coefficient (Wildman–Crippen LogP) is 0.200. The van der Waals surface area contributed by atoms with Crippen LogP contribution in [0.5, 0.6) is 0 Å². The van der Waals surface area contributed by atoms with E-state index in [-0.39, 0.29) is 25.0 Å². The Morgan fingerprint density at radius 1 is 1.44 bits per heavy atom. The number of methoxy groups -OCH3 is 1. The fraction of sp³-hybridized carbons (Fsp3) is 0.462. The first-order chi connectivity index (χ1) is 8.71. The van der Waals surface area contributed by atoms with Gasteiger partial charge in [-0.1, -0.05) is 30.3 Å². The summed E-state index contributed by atoms with van der Waals surface area (Å²) in [5.74, 6) is -0.185. The normalized spacial score (nSPS) is 13.9. The van der Waals surface area contributed by atoms with Gasteiger partial charge in [-0.15, -0.1) is 0 Å². The summed E-state index contributed by atoms with van der Waals surface area (Å²) in [6.07, 6.45) is -0.101. The molecule has 1 aromatic carbocycles. The van der Waals surface area contributed by atoms with E-state index in [1.54, 1.807) is 0 Å². The lowest BCUT2D eigenvalue weighted by atomic mass is 10.1. The molecule has 2 atom stereocenters. The molecule has 0 radical (unpaired) electrons. The average Bonchev–Trinajstić information content (AvgIpc) is 2.43. The average molecular weight is 252 g/mol. The van der Waals surface area contributed by atoms with Crippen molar-refractivity contribution in [1.82, 2.24) is 5.32 Å². The minimum atomic E-state index is -0.394. The van der Waals surface area contributed by atoms with Crippen LogP contribution in [-0.4, -0.2) is 37.4 Å². The van der Waals surface area contributed by atoms with Crippen LogP contribution < -0.4 is 11.1 Å². The Morgan fingerprint density at radius 2 is 2.11 bits per heavy atom. The lowest BCUT2D eigenvalue weighted by Crippen LogP contribution is -2.35. The summed E-state index contributed by atoms with van der Waals surface area (Å²) in [4.78, 5) is 11.8. The number of nitrogens with two attached hydrogens (primary N) is 1. The third-order valence-electron chi connectivity index (χ3n) is 2.73. The number of carbonyl (C=O) groups excluding carboxylic acids is 1. The monoisotopic (exact) mass is 252 g/mol. The second-order valence-corrected chi connectivity index (χ2v) is 4.01. The number of hydrogen-bond donors (Lipinski definition) is 3. The van der Waals surface area contributed by atoms with Crippen LogP contribution in [0.15, 0.2) is 30.3 Å². The molecule has 0 aliphatic carbocycles. The van der Waals surface area contributed by atoms with E-state index in [4.69, 9.17) is 10.5 Å². The smallest absolute Gasteiger partial charge is 0.223 e. The summed E-state index contributed by atoms with van der Waals surface area (Å²) in [5.41, 5.74) is 6.32. The van der Waals surface area contributed by atoms with E-state index in [0.717, 1.165) is 5.56 Å². The molecule has 1 amide bonds. The van der Waals surface area contributed by atoms with Gasteiger partial charge < -0.3 is 20.9 Å². The summed E-state index contributed by atoms with van der Waals surface area (Å²) >= 11 is 0. The van der Waals surface area contributed by atoms with Crippen LogP contribution in [0.1, 0.15) is 18.0 Å². The van der Waals surface area contributed by atoms with E-state index in [0.29, 0.717) is 6.54 Å². The highest BCUT2D eigenvalue weighted by Crippen LogP contribution is 2.12. The predicted molar refractivity (Wildman–Crippen MR) is 68.9 cm³/mol. The zero-order valence-electron chi connectivity index (χ0n) is 10.5. The molecule has 100 valence electrons. The molecule has 5 heteroatoms. The van der Waals surface area contributed by atoms with Gasteiger partial charge in [0, 0.05) is 13.7 Å². The Kier molecular flexibility index (Phi) is 6.35. The maximum atomic E-state index is 11.8. The van der Waals surface area contributed by atoms with E-state index in [1.807, 2.05) is 30.3 Å². The standard InChI is InChI=1S/C13H20N2O3/c1-18-11(8-14)7-13(17)15-12(9-16)10-5-3-2-4-6-10/h2-6,11-12,16H,7-9,14H2,1H3,(H,15,17)/t11?,12-/m0/s1. The van der Waals surface area contributed by atoms with E-state index in [9.17, 15) is 9.90 Å². The van der Waals surface area contributed by atoms with Gasteiger partial charge in [-0.2, -0.15) is 0 Å². The highest BCUT2D eigenvalue weighted by molar-refractivity contribution is 5.77. The number of nitrogens with one attached hydrogen (secondary N) is 1. The van der Waals surface area contributed by atoms with Crippen LogP contribution in [0.4, 0.5) is 0 Å². The first-order valence-electron chi connectivity index (χ1n) is 5.89. The molecule has 0 saturated carbocycles. The lowest BCUT2D eigenvalue weighted by molar-refractivity contribution is -0.124. The topological polar surface area (TPSA) is 84.6 Å². The van der Waals surface area contributed by atoms with Gasteiger partial charge in [0.05, 0.1) is 25.2 Å². The van der Waals surface area contributed by atoms with Crippen LogP contribution in [0, 0.1) is 0 Å². The summed E-state index contributed by atoms with van der Waals surface area (Å²) < 4.78 is 5.04. The SMILES string of the molecule is COC(CN)CC(=O)N[C@@H](CO)c1ccccc1. The zero-order valence-corrected chi connectivity index (χ0v) is 10.5. The second-order valence-electron chi connectivity index (χ2n) is 4.01. The molecule has 5 nitrogen and oxygen atoms in total. The molecule has 0 aromatic heterocycles. The number of aliphatic hydroxyl groups excluding tert-OH is 1. The van der Waals surface area contributed by atoms with E-state index in [2.05, 4.69) is 5.32 Å². The molecule has 4 N–H and O–H groups in total. The lowest BCUT2D eigenvalue weighted by Gasteiger charge is -2.18. The van der Waals surface area contributed by atoms with E-state index < -0.39 is 6.04 Å². The van der Waals surface area contributed by atoms with Gasteiger partial charge >= 0.3 is 0 Å². The molecular formula is C13H20N2O3. The van der Waals surface area contributed by atoms with Gasteiger partial charge in [0.2, 0.25) is 5.91 Å². The molecule has 0 bridgehead atoms. The molecule has 0 saturated heterocycles. The Morgan fingerprint density at radius 3 is 2.61 bits per heavy atom. The van der Waals surface area contributed by atoms with E-state index in [1.165, 1.54) is 7.11 Å². The van der Waals surface area contributed by atoms with Crippen molar-refractivity contribution < 1.29 is 14.6 Å². The summed E-state index contributed by atoms with van der Waals surface area (Å²) in [6.45, 7) is 0.148. The van der Waals surface area contributed by atoms with Crippen LogP contribution in [0.2, 0.25) is 0 Å².